The summed E-state index contributed by atoms with van der Waals surface area (Å²) in [5, 5.41) is 11.1. The van der Waals surface area contributed by atoms with E-state index in [0.717, 1.165) is 36.4 Å². The number of anilines is 2. The number of nitrogens with zero attached hydrogens (tertiary/aromatic N) is 2. The summed E-state index contributed by atoms with van der Waals surface area (Å²) in [4.78, 5) is 13.1. The molecule has 0 fully saturated rings. The molecular formula is C24H28N4O2. The Labute approximate surface area is 177 Å². The minimum absolute atomic E-state index is 0.0596. The summed E-state index contributed by atoms with van der Waals surface area (Å²) in [5.74, 6) is 0.736. The lowest BCUT2D eigenvalue weighted by atomic mass is 9.93. The van der Waals surface area contributed by atoms with Gasteiger partial charge in [0.05, 0.1) is 24.6 Å². The second-order valence-corrected chi connectivity index (χ2v) is 7.97. The Morgan fingerprint density at radius 2 is 1.93 bits per heavy atom. The Kier molecular flexibility index (Phi) is 5.74. The monoisotopic (exact) mass is 404 g/mol. The summed E-state index contributed by atoms with van der Waals surface area (Å²) < 4.78 is 7.29. The number of hydrogen-bond acceptors (Lipinski definition) is 4. The van der Waals surface area contributed by atoms with E-state index in [1.807, 2.05) is 54.7 Å². The summed E-state index contributed by atoms with van der Waals surface area (Å²) in [6, 6.07) is 15.7. The maximum atomic E-state index is 13.1. The third-order valence-electron chi connectivity index (χ3n) is 5.55. The first-order valence-electron chi connectivity index (χ1n) is 10.4. The van der Waals surface area contributed by atoms with Crippen molar-refractivity contribution in [2.75, 3.05) is 12.4 Å². The first-order chi connectivity index (χ1) is 14.5. The van der Waals surface area contributed by atoms with Crippen LogP contribution in [0.25, 0.3) is 0 Å². The van der Waals surface area contributed by atoms with Crippen LogP contribution >= 0.6 is 0 Å². The van der Waals surface area contributed by atoms with Gasteiger partial charge in [0, 0.05) is 29.9 Å². The maximum Gasteiger partial charge on any atom is 0.253 e. The van der Waals surface area contributed by atoms with Gasteiger partial charge in [0.2, 0.25) is 0 Å². The van der Waals surface area contributed by atoms with Crippen LogP contribution < -0.4 is 15.4 Å². The average molecular weight is 405 g/mol. The molecular weight excluding hydrogens is 376 g/mol. The molecule has 0 radical (unpaired) electrons. The number of ether oxygens (including phenoxy) is 1. The Balaban J connectivity index is 1.48. The lowest BCUT2D eigenvalue weighted by molar-refractivity contribution is 0.0934. The van der Waals surface area contributed by atoms with Crippen molar-refractivity contribution in [1.82, 2.24) is 15.1 Å². The van der Waals surface area contributed by atoms with Gasteiger partial charge in [0.15, 0.2) is 0 Å². The highest BCUT2D eigenvalue weighted by molar-refractivity contribution is 6.00. The fourth-order valence-electron chi connectivity index (χ4n) is 3.97. The predicted molar refractivity (Wildman–Crippen MR) is 119 cm³/mol. The van der Waals surface area contributed by atoms with Gasteiger partial charge in [-0.1, -0.05) is 12.1 Å². The summed E-state index contributed by atoms with van der Waals surface area (Å²) in [6.07, 6.45) is 4.66. The maximum absolute atomic E-state index is 13.1. The van der Waals surface area contributed by atoms with E-state index >= 15 is 0 Å². The van der Waals surface area contributed by atoms with Crippen LogP contribution in [0.15, 0.2) is 54.7 Å². The number of hydrogen-bond donors (Lipinski definition) is 2. The lowest BCUT2D eigenvalue weighted by Crippen LogP contribution is -2.39. The second kappa shape index (κ2) is 8.61. The smallest absolute Gasteiger partial charge is 0.253 e. The van der Waals surface area contributed by atoms with Gasteiger partial charge < -0.3 is 15.4 Å². The van der Waals surface area contributed by atoms with Gasteiger partial charge in [0.1, 0.15) is 5.75 Å². The minimum Gasteiger partial charge on any atom is -0.497 e. The number of fused-ring (bicyclic) bond motifs is 1. The van der Waals surface area contributed by atoms with Crippen molar-refractivity contribution in [1.29, 1.82) is 0 Å². The number of amides is 1. The molecule has 6 nitrogen and oxygen atoms in total. The molecule has 2 N–H and O–H groups in total. The predicted octanol–water partition coefficient (Wildman–Crippen LogP) is 4.50. The molecule has 4 rings (SSSR count). The molecule has 1 heterocycles. The van der Waals surface area contributed by atoms with Crippen LogP contribution in [-0.2, 0) is 12.8 Å². The highest BCUT2D eigenvalue weighted by Crippen LogP contribution is 2.26. The summed E-state index contributed by atoms with van der Waals surface area (Å²) >= 11 is 0. The van der Waals surface area contributed by atoms with Gasteiger partial charge in [-0.2, -0.15) is 5.10 Å². The fourth-order valence-corrected chi connectivity index (χ4v) is 3.97. The van der Waals surface area contributed by atoms with Gasteiger partial charge >= 0.3 is 0 Å². The molecule has 1 unspecified atom stereocenters. The molecule has 3 aromatic rings. The van der Waals surface area contributed by atoms with Crippen molar-refractivity contribution in [2.24, 2.45) is 0 Å². The Bertz CT molecular complexity index is 1020. The van der Waals surface area contributed by atoms with E-state index in [0.29, 0.717) is 11.6 Å². The van der Waals surface area contributed by atoms with Crippen LogP contribution in [0.5, 0.6) is 5.75 Å². The molecule has 1 aliphatic rings. The summed E-state index contributed by atoms with van der Waals surface area (Å²) in [5.41, 5.74) is 4.86. The van der Waals surface area contributed by atoms with Gasteiger partial charge in [0.25, 0.3) is 5.91 Å². The molecule has 156 valence electrons. The normalized spacial score (nSPS) is 15.5. The molecule has 0 saturated heterocycles. The second-order valence-electron chi connectivity index (χ2n) is 7.97. The minimum atomic E-state index is -0.0596. The molecule has 1 aromatic heterocycles. The van der Waals surface area contributed by atoms with E-state index in [-0.39, 0.29) is 11.9 Å². The Morgan fingerprint density at radius 3 is 2.67 bits per heavy atom. The van der Waals surface area contributed by atoms with E-state index in [1.54, 1.807) is 7.11 Å². The highest BCUT2D eigenvalue weighted by Gasteiger charge is 2.25. The average Bonchev–Trinajstić information content (AvgIpc) is 3.18. The number of aromatic nitrogens is 2. The van der Waals surface area contributed by atoms with Crippen molar-refractivity contribution in [2.45, 2.75) is 45.2 Å². The van der Waals surface area contributed by atoms with Crippen LogP contribution in [0.2, 0.25) is 0 Å². The molecule has 2 aromatic carbocycles. The first kappa shape index (κ1) is 20.0. The number of rotatable bonds is 6. The van der Waals surface area contributed by atoms with Crippen molar-refractivity contribution in [3.8, 4) is 5.75 Å². The largest absolute Gasteiger partial charge is 0.497 e. The number of nitrogens with one attached hydrogen (secondary N) is 2. The molecule has 0 aliphatic heterocycles. The number of benzene rings is 2. The molecule has 0 spiro atoms. The summed E-state index contributed by atoms with van der Waals surface area (Å²) in [6.45, 7) is 4.27. The zero-order valence-corrected chi connectivity index (χ0v) is 17.7. The zero-order valence-electron chi connectivity index (χ0n) is 17.7. The highest BCUT2D eigenvalue weighted by atomic mass is 16.5. The number of para-hydroxylation sites is 1. The van der Waals surface area contributed by atoms with Gasteiger partial charge in [-0.15, -0.1) is 0 Å². The van der Waals surface area contributed by atoms with Gasteiger partial charge in [-0.25, -0.2) is 0 Å². The van der Waals surface area contributed by atoms with E-state index in [2.05, 4.69) is 34.3 Å². The van der Waals surface area contributed by atoms with Crippen LogP contribution in [0.4, 0.5) is 11.4 Å². The summed E-state index contributed by atoms with van der Waals surface area (Å²) in [7, 11) is 1.64. The van der Waals surface area contributed by atoms with Crippen LogP contribution in [0, 0.1) is 0 Å². The number of aryl methyl sites for hydroxylation is 1. The van der Waals surface area contributed by atoms with Crippen molar-refractivity contribution in [3.05, 3.63) is 71.5 Å². The van der Waals surface area contributed by atoms with Gasteiger partial charge in [-0.3, -0.25) is 9.48 Å². The van der Waals surface area contributed by atoms with E-state index in [9.17, 15) is 4.79 Å². The molecule has 1 aliphatic carbocycles. The molecule has 0 saturated carbocycles. The number of carbonyl (C=O) groups is 1. The number of methoxy groups -OCH3 is 1. The van der Waals surface area contributed by atoms with Crippen molar-refractivity contribution in [3.63, 3.8) is 0 Å². The Hall–Kier alpha value is -3.28. The SMILES string of the molecule is COc1ccc(Nc2ccccc2C(=O)NC2CCc3cnn(C(C)C)c3C2)cc1. The quantitative estimate of drug-likeness (QED) is 0.635. The van der Waals surface area contributed by atoms with Gasteiger partial charge in [-0.05, 0) is 68.7 Å². The van der Waals surface area contributed by atoms with Crippen molar-refractivity contribution < 1.29 is 9.53 Å². The third-order valence-corrected chi connectivity index (χ3v) is 5.55. The first-order valence-corrected chi connectivity index (χ1v) is 10.4. The molecule has 0 bridgehead atoms. The molecule has 30 heavy (non-hydrogen) atoms. The van der Waals surface area contributed by atoms with Crippen LogP contribution in [-0.4, -0.2) is 28.8 Å². The van der Waals surface area contributed by atoms with E-state index in [4.69, 9.17) is 4.74 Å². The molecule has 6 heteroatoms. The van der Waals surface area contributed by atoms with Crippen molar-refractivity contribution >= 4 is 17.3 Å². The standard InChI is InChI=1S/C24H28N4O2/c1-16(2)28-23-14-19(9-8-17(23)15-25-28)27-24(29)21-6-4-5-7-22(21)26-18-10-12-20(30-3)13-11-18/h4-7,10-13,15-16,19,26H,8-9,14H2,1-3H3,(H,27,29). The van der Waals surface area contributed by atoms with Crippen LogP contribution in [0.3, 0.4) is 0 Å². The third kappa shape index (κ3) is 4.17. The molecule has 1 amide bonds. The zero-order chi connectivity index (χ0) is 21.1. The topological polar surface area (TPSA) is 68.2 Å². The lowest BCUT2D eigenvalue weighted by Gasteiger charge is -2.25. The van der Waals surface area contributed by atoms with Crippen LogP contribution in [0.1, 0.15) is 47.9 Å². The van der Waals surface area contributed by atoms with E-state index < -0.39 is 0 Å². The molecule has 1 atom stereocenters. The Morgan fingerprint density at radius 1 is 1.17 bits per heavy atom. The van der Waals surface area contributed by atoms with E-state index in [1.165, 1.54) is 11.3 Å². The number of carbonyl (C=O) groups excluding carboxylic acids is 1. The fraction of sp³-hybridized carbons (Fsp3) is 0.333.